The molecule has 7 aromatic carbocycles. The Morgan fingerprint density at radius 1 is 0.292 bits per heavy atom. The molecule has 120 heavy (non-hydrogen) atoms. The number of halogens is 7. The molecule has 20 heteroatoms. The van der Waals surface area contributed by atoms with Crippen LogP contribution in [-0.2, 0) is 11.1 Å². The highest BCUT2D eigenvalue weighted by atomic mass is 35.5. The second kappa shape index (κ2) is 43.0. The first-order chi connectivity index (χ1) is 53.5. The summed E-state index contributed by atoms with van der Waals surface area (Å²) in [5.41, 5.74) is 36.4. The zero-order chi connectivity index (χ0) is 87.1. The topological polar surface area (TPSA) is 41.2 Å². The molecule has 0 bridgehead atoms. The van der Waals surface area contributed by atoms with E-state index in [2.05, 4.69) is 448 Å². The molecular formula is C100H149BCl3F4N12-3. The molecule has 5 aliphatic rings. The van der Waals surface area contributed by atoms with E-state index in [9.17, 15) is 12.9 Å². The molecule has 0 saturated carbocycles. The SMILES string of the molecule is CC(C)(C)N1C=CN(C(C)(C)C)C1.CC(C)(C)N1CCN(C(C)(C)C)C1.CC(C)(C)n1c[n+](C(C)(C)C)c2ccccc21.Cc1cc(C)c(N2C=CN(c3c(C)cc(C)cc3C)C2)c(C)c1.Cc1cc(C)c(N2C=CN(c3c(C)cc(C)cc3C)C2)c(C)c1.Cc1cc(C)c(N2CCN(c3c(C)cc(C)cc3C)C2)c(C)c1.FB(F)F.[Cl-].[Cl-].[Cl-].[F-]. The van der Waals surface area contributed by atoms with Crippen LogP contribution in [0.2, 0.25) is 0 Å². The number of aryl methyl sites for hydroxylation is 18. The Balaban J connectivity index is 0.000000371. The minimum atomic E-state index is -3.67. The van der Waals surface area contributed by atoms with Crippen LogP contribution < -0.4 is 75.9 Å². The molecule has 0 aliphatic carbocycles. The summed E-state index contributed by atoms with van der Waals surface area (Å²) in [5.74, 6) is 0. The van der Waals surface area contributed by atoms with Crippen LogP contribution in [0, 0.1) is 125 Å². The van der Waals surface area contributed by atoms with Crippen molar-refractivity contribution in [2.75, 3.05) is 88.9 Å². The molecule has 0 spiro atoms. The maximum atomic E-state index is 9.67. The van der Waals surface area contributed by atoms with Crippen molar-refractivity contribution in [3.8, 4) is 0 Å². The first-order valence-corrected chi connectivity index (χ1v) is 42.0. The number of benzene rings is 7. The molecule has 0 amide bonds. The van der Waals surface area contributed by atoms with Crippen molar-refractivity contribution in [2.24, 2.45) is 0 Å². The molecule has 8 aromatic rings. The summed E-state index contributed by atoms with van der Waals surface area (Å²) in [6.07, 6.45) is 15.4. The van der Waals surface area contributed by atoms with Crippen LogP contribution >= 0.6 is 0 Å². The van der Waals surface area contributed by atoms with Crippen LogP contribution in [0.3, 0.4) is 0 Å². The molecule has 1 aromatic heterocycles. The van der Waals surface area contributed by atoms with Crippen molar-refractivity contribution >= 4 is 52.7 Å². The Labute approximate surface area is 743 Å². The Hall–Kier alpha value is -7.80. The van der Waals surface area contributed by atoms with Crippen molar-refractivity contribution in [3.05, 3.63) is 241 Å². The molecule has 0 N–H and O–H groups in total. The van der Waals surface area contributed by atoms with Crippen LogP contribution in [0.15, 0.2) is 141 Å². The van der Waals surface area contributed by atoms with Gasteiger partial charge in [0, 0.05) is 120 Å². The standard InChI is InChI=1S/C21H28N2.2C21H26N2.C15H23N2.C11H24N2.C11H22N2.BF3.3ClH.FH/c3*1-14-9-16(3)20(17(4)10-14)22-7-8-23(13-22)21-18(5)11-15(2)12-19(21)6;1-14(2,3)16-11-17(15(4,5)6)13-10-8-7-9-12(13)16;2*1-10(2,3)12-7-8-13(9-12)11(4,5)6;2-1(3)4;;;;/h9-12H,7-8,13H2,1-6H3;2*7-12H,13H2,1-6H3;7-11H,1-6H3;7-9H2,1-6H3;7-8H,9H2,1-6H3;;4*1H/q;;;+1;;;;;;;/p-4. The van der Waals surface area contributed by atoms with Crippen molar-refractivity contribution in [3.63, 3.8) is 0 Å². The number of para-hydroxylation sites is 2. The fourth-order valence-electron chi connectivity index (χ4n) is 17.4. The molecule has 0 unspecified atom stereocenters. The van der Waals surface area contributed by atoms with Gasteiger partial charge < -0.3 is 81.1 Å². The van der Waals surface area contributed by atoms with Crippen LogP contribution in [0.5, 0.6) is 0 Å². The van der Waals surface area contributed by atoms with Gasteiger partial charge in [-0.2, -0.15) is 0 Å². The lowest BCUT2D eigenvalue weighted by Gasteiger charge is -2.38. The number of fused-ring (bicyclic) bond motifs is 1. The van der Waals surface area contributed by atoms with Gasteiger partial charge in [0.1, 0.15) is 11.1 Å². The van der Waals surface area contributed by atoms with E-state index in [1.165, 1.54) is 158 Å². The van der Waals surface area contributed by atoms with Crippen LogP contribution in [-0.4, -0.2) is 113 Å². The number of aromatic nitrogens is 2. The number of rotatable bonds is 6. The van der Waals surface area contributed by atoms with Crippen LogP contribution in [0.1, 0.15) is 225 Å². The van der Waals surface area contributed by atoms with E-state index in [0.717, 1.165) is 46.4 Å². The summed E-state index contributed by atoms with van der Waals surface area (Å²) in [4.78, 5) is 24.3. The summed E-state index contributed by atoms with van der Waals surface area (Å²) in [7, 11) is -3.67. The zero-order valence-corrected chi connectivity index (χ0v) is 82.5. The van der Waals surface area contributed by atoms with E-state index in [1.807, 2.05) is 0 Å². The van der Waals surface area contributed by atoms with Gasteiger partial charge in [0.2, 0.25) is 6.33 Å². The second-order valence-corrected chi connectivity index (χ2v) is 39.6. The highest BCUT2D eigenvalue weighted by molar-refractivity contribution is 6.33. The molecule has 0 atom stereocenters. The normalized spacial score (nSPS) is 14.8. The summed E-state index contributed by atoms with van der Waals surface area (Å²) >= 11 is 0. The fraction of sp³-hybridized carbons (Fsp3) is 0.510. The lowest BCUT2D eigenvalue weighted by atomic mass is 10.0. The van der Waals surface area contributed by atoms with Gasteiger partial charge in [0.25, 0.3) is 0 Å². The van der Waals surface area contributed by atoms with Gasteiger partial charge in [-0.05, 0) is 328 Å². The van der Waals surface area contributed by atoms with Crippen LogP contribution in [0.25, 0.3) is 11.0 Å². The Morgan fingerprint density at radius 2 is 0.533 bits per heavy atom. The predicted octanol–water partition coefficient (Wildman–Crippen LogP) is 12.5. The summed E-state index contributed by atoms with van der Waals surface area (Å²) in [6, 6.07) is 35.9. The highest BCUT2D eigenvalue weighted by Crippen LogP contribution is 2.38. The third-order valence-electron chi connectivity index (χ3n) is 22.4. The molecule has 2 saturated heterocycles. The Bertz CT molecular complexity index is 4230. The molecular weight excluding hydrogens is 1560 g/mol. The fourth-order valence-corrected chi connectivity index (χ4v) is 17.4. The van der Waals surface area contributed by atoms with E-state index < -0.39 is 7.54 Å². The quantitative estimate of drug-likeness (QED) is 0.0914. The number of hydrogen-bond acceptors (Lipinski definition) is 10. The Kier molecular flexibility index (Phi) is 38.1. The summed E-state index contributed by atoms with van der Waals surface area (Å²) in [5, 5.41) is 0. The maximum absolute atomic E-state index is 9.67. The molecule has 5 aliphatic heterocycles. The van der Waals surface area contributed by atoms with Crippen LogP contribution in [0.4, 0.5) is 47.1 Å². The lowest BCUT2D eigenvalue weighted by molar-refractivity contribution is -0.731. The number of anilines is 6. The number of hydrogen-bond donors (Lipinski definition) is 0. The average Bonchev–Trinajstić information content (AvgIpc) is 1.62. The minimum absolute atomic E-state index is 0. The van der Waals surface area contributed by atoms with Crippen molar-refractivity contribution < 1.29 is 59.4 Å². The van der Waals surface area contributed by atoms with Gasteiger partial charge in [-0.15, -0.1) is 0 Å². The van der Waals surface area contributed by atoms with Gasteiger partial charge in [-0.1, -0.05) is 118 Å². The van der Waals surface area contributed by atoms with E-state index >= 15 is 0 Å². The number of imidazole rings is 1. The van der Waals surface area contributed by atoms with Crippen molar-refractivity contribution in [2.45, 2.75) is 282 Å². The van der Waals surface area contributed by atoms with E-state index in [-0.39, 0.29) is 64.1 Å². The molecule has 0 radical (unpaired) electrons. The first kappa shape index (κ1) is 106. The molecule has 6 heterocycles. The maximum Gasteiger partial charge on any atom is 0.762 e. The zero-order valence-electron chi connectivity index (χ0n) is 80.2. The summed E-state index contributed by atoms with van der Waals surface area (Å²) in [6.45, 7) is 89.7. The predicted molar refractivity (Wildman–Crippen MR) is 498 cm³/mol. The molecule has 13 rings (SSSR count). The third kappa shape index (κ3) is 28.1. The largest absolute Gasteiger partial charge is 1.00 e. The van der Waals surface area contributed by atoms with Gasteiger partial charge in [0.05, 0.1) is 33.3 Å². The first-order valence-electron chi connectivity index (χ1n) is 42.0. The smallest absolute Gasteiger partial charge is 0.762 e. The molecule has 664 valence electrons. The van der Waals surface area contributed by atoms with Crippen molar-refractivity contribution in [1.29, 1.82) is 0 Å². The lowest BCUT2D eigenvalue weighted by Crippen LogP contribution is -3.00. The minimum Gasteiger partial charge on any atom is -1.00 e. The monoisotopic (exact) mass is 1710 g/mol. The van der Waals surface area contributed by atoms with Gasteiger partial charge in [-0.25, -0.2) is 9.13 Å². The summed E-state index contributed by atoms with van der Waals surface area (Å²) < 4.78 is 33.7. The number of nitrogens with zero attached hydrogens (tertiary/aromatic N) is 12. The third-order valence-corrected chi connectivity index (χ3v) is 22.4. The second-order valence-electron chi connectivity index (χ2n) is 39.6. The van der Waals surface area contributed by atoms with Gasteiger partial charge in [-0.3, -0.25) is 22.7 Å². The van der Waals surface area contributed by atoms with Gasteiger partial charge in [0.15, 0.2) is 11.0 Å². The van der Waals surface area contributed by atoms with E-state index in [0.29, 0.717) is 11.1 Å². The van der Waals surface area contributed by atoms with E-state index in [4.69, 9.17) is 0 Å². The molecule has 2 fully saturated rings. The van der Waals surface area contributed by atoms with Crippen molar-refractivity contribution in [1.82, 2.24) is 24.2 Å². The van der Waals surface area contributed by atoms with Gasteiger partial charge >= 0.3 is 7.54 Å². The Morgan fingerprint density at radius 3 is 0.742 bits per heavy atom. The van der Waals surface area contributed by atoms with E-state index in [1.54, 1.807) is 0 Å². The highest BCUT2D eigenvalue weighted by Gasteiger charge is 2.35. The average molecular weight is 1710 g/mol. The molecule has 12 nitrogen and oxygen atoms in total.